The minimum atomic E-state index is -2.60. The van der Waals surface area contributed by atoms with Crippen LogP contribution in [-0.2, 0) is 0 Å². The first-order valence-corrected chi connectivity index (χ1v) is 2.98. The Labute approximate surface area is 57.8 Å². The van der Waals surface area contributed by atoms with Crippen LogP contribution in [0, 0.1) is 5.92 Å². The van der Waals surface area contributed by atoms with E-state index >= 15 is 0 Å². The van der Waals surface area contributed by atoms with Gasteiger partial charge in [-0.25, -0.2) is 10.9 Å². The maximum absolute atomic E-state index is 8.65. The molecular weight excluding hydrogens is 138 g/mol. The van der Waals surface area contributed by atoms with E-state index in [0.29, 0.717) is 13.1 Å². The van der Waals surface area contributed by atoms with Crippen LogP contribution < -0.4 is 16.4 Å². The highest BCUT2D eigenvalue weighted by atomic mass is 16.7. The molecule has 1 saturated heterocycles. The third kappa shape index (κ3) is 1.87. The average Bonchev–Trinajstić information content (AvgIpc) is 1.88. The summed E-state index contributed by atoms with van der Waals surface area (Å²) in [5.41, 5.74) is 7.75. The van der Waals surface area contributed by atoms with Gasteiger partial charge < -0.3 is 15.3 Å². The second-order valence-electron chi connectivity index (χ2n) is 2.27. The first-order chi connectivity index (χ1) is 4.61. The van der Waals surface area contributed by atoms with Crippen LogP contribution in [-0.4, -0.2) is 34.4 Å². The molecule has 0 aromatic heterocycles. The molecule has 1 aliphatic heterocycles. The molecule has 10 heavy (non-hydrogen) atoms. The fraction of sp³-hybridized carbons (Fsp3) is 1.00. The lowest BCUT2D eigenvalue weighted by atomic mass is 10.1. The normalized spacial score (nSPS) is 23.1. The van der Waals surface area contributed by atoms with Crippen LogP contribution >= 0.6 is 0 Å². The summed E-state index contributed by atoms with van der Waals surface area (Å²) in [7, 11) is 0. The van der Waals surface area contributed by atoms with E-state index in [-0.39, 0.29) is 0 Å². The van der Waals surface area contributed by atoms with E-state index in [9.17, 15) is 0 Å². The first kappa shape index (κ1) is 7.86. The summed E-state index contributed by atoms with van der Waals surface area (Å²) in [6, 6.07) is 0. The SMILES string of the molecule is OC(O)(O)C1CNNNC1. The zero-order valence-corrected chi connectivity index (χ0v) is 5.33. The predicted octanol–water partition coefficient (Wildman–Crippen LogP) is -3.15. The van der Waals surface area contributed by atoms with E-state index in [4.69, 9.17) is 15.3 Å². The highest BCUT2D eigenvalue weighted by Gasteiger charge is 2.32. The van der Waals surface area contributed by atoms with Crippen LogP contribution in [0.2, 0.25) is 0 Å². The number of rotatable bonds is 1. The van der Waals surface area contributed by atoms with Gasteiger partial charge in [-0.05, 0) is 0 Å². The molecule has 0 spiro atoms. The Morgan fingerprint density at radius 3 is 1.90 bits per heavy atom. The van der Waals surface area contributed by atoms with E-state index in [0.717, 1.165) is 0 Å². The van der Waals surface area contributed by atoms with Gasteiger partial charge in [0.15, 0.2) is 0 Å². The van der Waals surface area contributed by atoms with Crippen molar-refractivity contribution in [1.82, 2.24) is 16.4 Å². The van der Waals surface area contributed by atoms with Crippen LogP contribution in [0.25, 0.3) is 0 Å². The lowest BCUT2D eigenvalue weighted by Gasteiger charge is -2.30. The van der Waals surface area contributed by atoms with Crippen molar-refractivity contribution in [2.24, 2.45) is 5.92 Å². The summed E-state index contributed by atoms with van der Waals surface area (Å²) in [5, 5.41) is 25.9. The molecule has 0 aromatic carbocycles. The lowest BCUT2D eigenvalue weighted by molar-refractivity contribution is -0.342. The monoisotopic (exact) mass is 149 g/mol. The summed E-state index contributed by atoms with van der Waals surface area (Å²) in [6.45, 7) is 0.604. The first-order valence-electron chi connectivity index (χ1n) is 2.98. The third-order valence-electron chi connectivity index (χ3n) is 1.42. The molecule has 0 bridgehead atoms. The second-order valence-corrected chi connectivity index (χ2v) is 2.27. The molecular formula is C4H11N3O3. The number of hydrogen-bond donors (Lipinski definition) is 6. The van der Waals surface area contributed by atoms with Gasteiger partial charge in [0.1, 0.15) is 0 Å². The van der Waals surface area contributed by atoms with Crippen molar-refractivity contribution in [2.75, 3.05) is 13.1 Å². The lowest BCUT2D eigenvalue weighted by Crippen LogP contribution is -2.60. The summed E-state index contributed by atoms with van der Waals surface area (Å²) in [5.74, 6) is -3.21. The molecule has 1 heterocycles. The molecule has 6 heteroatoms. The molecule has 0 unspecified atom stereocenters. The van der Waals surface area contributed by atoms with Gasteiger partial charge in [-0.3, -0.25) is 0 Å². The molecule has 1 aliphatic rings. The van der Waals surface area contributed by atoms with E-state index in [2.05, 4.69) is 16.4 Å². The molecule has 6 N–H and O–H groups in total. The van der Waals surface area contributed by atoms with Gasteiger partial charge in [0, 0.05) is 13.1 Å². The topological polar surface area (TPSA) is 96.8 Å². The number of aliphatic hydroxyl groups is 3. The zero-order valence-electron chi connectivity index (χ0n) is 5.33. The maximum atomic E-state index is 8.65. The smallest absolute Gasteiger partial charge is 0.280 e. The van der Waals surface area contributed by atoms with Gasteiger partial charge in [-0.2, -0.15) is 5.53 Å². The van der Waals surface area contributed by atoms with Gasteiger partial charge in [-0.15, -0.1) is 0 Å². The quantitative estimate of drug-likeness (QED) is 0.220. The van der Waals surface area contributed by atoms with Gasteiger partial charge >= 0.3 is 0 Å². The van der Waals surface area contributed by atoms with Gasteiger partial charge in [-0.1, -0.05) is 0 Å². The molecule has 0 amide bonds. The molecule has 0 aromatic rings. The van der Waals surface area contributed by atoms with Crippen molar-refractivity contribution in [3.8, 4) is 0 Å². The Hall–Kier alpha value is -0.240. The van der Waals surface area contributed by atoms with Crippen molar-refractivity contribution in [3.05, 3.63) is 0 Å². The molecule has 0 saturated carbocycles. The van der Waals surface area contributed by atoms with Crippen LogP contribution in [0.15, 0.2) is 0 Å². The Kier molecular flexibility index (Phi) is 2.19. The minimum absolute atomic E-state index is 0.302. The number of nitrogens with one attached hydrogen (secondary N) is 3. The molecule has 0 radical (unpaired) electrons. The number of hydrazine groups is 2. The van der Waals surface area contributed by atoms with Gasteiger partial charge in [0.25, 0.3) is 5.97 Å². The summed E-state index contributed by atoms with van der Waals surface area (Å²) < 4.78 is 0. The van der Waals surface area contributed by atoms with E-state index in [1.807, 2.05) is 0 Å². The fourth-order valence-corrected chi connectivity index (χ4v) is 0.757. The Bertz CT molecular complexity index is 107. The van der Waals surface area contributed by atoms with Gasteiger partial charge in [0.05, 0.1) is 5.92 Å². The average molecular weight is 149 g/mol. The molecule has 0 aliphatic carbocycles. The van der Waals surface area contributed by atoms with Crippen LogP contribution in [0.5, 0.6) is 0 Å². The Morgan fingerprint density at radius 2 is 1.60 bits per heavy atom. The highest BCUT2D eigenvalue weighted by molar-refractivity contribution is 4.71. The van der Waals surface area contributed by atoms with Gasteiger partial charge in [0.2, 0.25) is 0 Å². The maximum Gasteiger partial charge on any atom is 0.280 e. The third-order valence-corrected chi connectivity index (χ3v) is 1.42. The van der Waals surface area contributed by atoms with Crippen molar-refractivity contribution < 1.29 is 15.3 Å². The summed E-state index contributed by atoms with van der Waals surface area (Å²) >= 11 is 0. The Balaban J connectivity index is 2.39. The van der Waals surface area contributed by atoms with E-state index in [1.165, 1.54) is 0 Å². The van der Waals surface area contributed by atoms with Crippen molar-refractivity contribution in [1.29, 1.82) is 0 Å². The summed E-state index contributed by atoms with van der Waals surface area (Å²) in [4.78, 5) is 0. The van der Waals surface area contributed by atoms with Crippen molar-refractivity contribution in [2.45, 2.75) is 5.97 Å². The number of hydrogen-bond acceptors (Lipinski definition) is 6. The second kappa shape index (κ2) is 2.79. The van der Waals surface area contributed by atoms with E-state index in [1.54, 1.807) is 0 Å². The largest absolute Gasteiger partial charge is 0.343 e. The highest BCUT2D eigenvalue weighted by Crippen LogP contribution is 2.09. The van der Waals surface area contributed by atoms with Crippen molar-refractivity contribution in [3.63, 3.8) is 0 Å². The Morgan fingerprint density at radius 1 is 1.10 bits per heavy atom. The minimum Gasteiger partial charge on any atom is -0.343 e. The molecule has 1 rings (SSSR count). The summed E-state index contributed by atoms with van der Waals surface area (Å²) in [6.07, 6.45) is 0. The fourth-order valence-electron chi connectivity index (χ4n) is 0.757. The van der Waals surface area contributed by atoms with Crippen LogP contribution in [0.1, 0.15) is 0 Å². The molecule has 6 nitrogen and oxygen atoms in total. The van der Waals surface area contributed by atoms with Crippen molar-refractivity contribution >= 4 is 0 Å². The van der Waals surface area contributed by atoms with E-state index < -0.39 is 11.9 Å². The molecule has 1 fully saturated rings. The molecule has 60 valence electrons. The van der Waals surface area contributed by atoms with Crippen LogP contribution in [0.3, 0.4) is 0 Å². The standard InChI is InChI=1S/C4H11N3O3/c8-4(9,10)3-1-5-7-6-2-3/h3,5-10H,1-2H2. The zero-order chi connectivity index (χ0) is 7.61. The van der Waals surface area contributed by atoms with Crippen LogP contribution in [0.4, 0.5) is 0 Å². The molecule has 0 atom stereocenters. The predicted molar refractivity (Wildman–Crippen MR) is 32.0 cm³/mol.